The molecule has 1 aromatic rings. The van der Waals surface area contributed by atoms with Crippen molar-refractivity contribution in [3.05, 3.63) is 30.1 Å². The van der Waals surface area contributed by atoms with Gasteiger partial charge in [-0.2, -0.15) is 0 Å². The van der Waals surface area contributed by atoms with Crippen molar-refractivity contribution in [3.8, 4) is 0 Å². The third-order valence-electron chi connectivity index (χ3n) is 3.51. The average Bonchev–Trinajstić information content (AvgIpc) is 2.38. The summed E-state index contributed by atoms with van der Waals surface area (Å²) < 4.78 is 0. The average molecular weight is 232 g/mol. The number of amides is 1. The summed E-state index contributed by atoms with van der Waals surface area (Å²) in [6, 6.07) is 3.96. The van der Waals surface area contributed by atoms with Crippen LogP contribution in [0.15, 0.2) is 24.5 Å². The van der Waals surface area contributed by atoms with E-state index >= 15 is 0 Å². The lowest BCUT2D eigenvalue weighted by molar-refractivity contribution is -0.132. The highest BCUT2D eigenvalue weighted by Crippen LogP contribution is 2.17. The largest absolute Gasteiger partial charge is 0.343 e. The molecule has 0 unspecified atom stereocenters. The SMILES string of the molecule is CC1CCN(C(=O)CCc2ccncc2)CC1. The van der Waals surface area contributed by atoms with Crippen LogP contribution in [0.4, 0.5) is 0 Å². The summed E-state index contributed by atoms with van der Waals surface area (Å²) in [7, 11) is 0. The minimum Gasteiger partial charge on any atom is -0.343 e. The Bertz CT molecular complexity index is 356. The number of pyridine rings is 1. The number of aryl methyl sites for hydroxylation is 1. The lowest BCUT2D eigenvalue weighted by atomic mass is 9.99. The van der Waals surface area contributed by atoms with Gasteiger partial charge in [-0.05, 0) is 42.9 Å². The van der Waals surface area contributed by atoms with Gasteiger partial charge in [-0.3, -0.25) is 9.78 Å². The molecule has 1 aliphatic heterocycles. The van der Waals surface area contributed by atoms with E-state index in [0.717, 1.165) is 38.3 Å². The molecule has 1 fully saturated rings. The first-order valence-electron chi connectivity index (χ1n) is 6.42. The van der Waals surface area contributed by atoms with Gasteiger partial charge in [0.1, 0.15) is 0 Å². The molecule has 0 radical (unpaired) electrons. The summed E-state index contributed by atoms with van der Waals surface area (Å²) >= 11 is 0. The fraction of sp³-hybridized carbons (Fsp3) is 0.571. The number of nitrogens with zero attached hydrogens (tertiary/aromatic N) is 2. The molecule has 0 N–H and O–H groups in total. The maximum Gasteiger partial charge on any atom is 0.222 e. The predicted octanol–water partition coefficient (Wildman–Crippen LogP) is 2.27. The molecule has 2 rings (SSSR count). The topological polar surface area (TPSA) is 33.2 Å². The van der Waals surface area contributed by atoms with Crippen LogP contribution < -0.4 is 0 Å². The molecule has 2 heterocycles. The molecule has 3 heteroatoms. The summed E-state index contributed by atoms with van der Waals surface area (Å²) in [5, 5.41) is 0. The van der Waals surface area contributed by atoms with Gasteiger partial charge >= 0.3 is 0 Å². The van der Waals surface area contributed by atoms with Crippen molar-refractivity contribution in [3.63, 3.8) is 0 Å². The smallest absolute Gasteiger partial charge is 0.222 e. The van der Waals surface area contributed by atoms with Crippen LogP contribution in [0, 0.1) is 5.92 Å². The summed E-state index contributed by atoms with van der Waals surface area (Å²) in [5.74, 6) is 1.08. The van der Waals surface area contributed by atoms with Crippen molar-refractivity contribution < 1.29 is 4.79 Å². The van der Waals surface area contributed by atoms with Crippen LogP contribution in [0.5, 0.6) is 0 Å². The molecule has 1 aromatic heterocycles. The van der Waals surface area contributed by atoms with E-state index in [-0.39, 0.29) is 0 Å². The van der Waals surface area contributed by atoms with Crippen molar-refractivity contribution in [2.75, 3.05) is 13.1 Å². The van der Waals surface area contributed by atoms with Gasteiger partial charge in [-0.1, -0.05) is 6.92 Å². The fourth-order valence-corrected chi connectivity index (χ4v) is 2.22. The molecule has 0 atom stereocenters. The number of piperidine rings is 1. The lowest BCUT2D eigenvalue weighted by Gasteiger charge is -2.30. The van der Waals surface area contributed by atoms with E-state index in [2.05, 4.69) is 11.9 Å². The van der Waals surface area contributed by atoms with E-state index < -0.39 is 0 Å². The van der Waals surface area contributed by atoms with Crippen LogP contribution in [-0.2, 0) is 11.2 Å². The first-order valence-corrected chi connectivity index (χ1v) is 6.42. The normalized spacial score (nSPS) is 17.1. The van der Waals surface area contributed by atoms with Crippen LogP contribution in [-0.4, -0.2) is 28.9 Å². The van der Waals surface area contributed by atoms with Crippen LogP contribution in [0.2, 0.25) is 0 Å². The minimum atomic E-state index is 0.300. The third-order valence-corrected chi connectivity index (χ3v) is 3.51. The molecule has 0 aliphatic carbocycles. The maximum atomic E-state index is 12.0. The molecule has 1 amide bonds. The zero-order valence-electron chi connectivity index (χ0n) is 10.4. The van der Waals surface area contributed by atoms with E-state index in [1.165, 1.54) is 5.56 Å². The van der Waals surface area contributed by atoms with Gasteiger partial charge < -0.3 is 4.90 Å². The molecular formula is C14H20N2O. The molecule has 0 spiro atoms. The number of carbonyl (C=O) groups is 1. The first kappa shape index (κ1) is 12.1. The van der Waals surface area contributed by atoms with Crippen molar-refractivity contribution >= 4 is 5.91 Å². The van der Waals surface area contributed by atoms with E-state index in [1.807, 2.05) is 17.0 Å². The highest BCUT2D eigenvalue weighted by molar-refractivity contribution is 5.76. The van der Waals surface area contributed by atoms with E-state index in [0.29, 0.717) is 12.3 Å². The Morgan fingerprint density at radius 3 is 2.65 bits per heavy atom. The molecule has 3 nitrogen and oxygen atoms in total. The Morgan fingerprint density at radius 1 is 1.35 bits per heavy atom. The van der Waals surface area contributed by atoms with Crippen LogP contribution in [0.3, 0.4) is 0 Å². The van der Waals surface area contributed by atoms with Crippen molar-refractivity contribution in [2.45, 2.75) is 32.6 Å². The van der Waals surface area contributed by atoms with Crippen molar-refractivity contribution in [2.24, 2.45) is 5.92 Å². The highest BCUT2D eigenvalue weighted by atomic mass is 16.2. The standard InChI is InChI=1S/C14H20N2O/c1-12-6-10-16(11-7-12)14(17)3-2-13-4-8-15-9-5-13/h4-5,8-9,12H,2-3,6-7,10-11H2,1H3. The fourth-order valence-electron chi connectivity index (χ4n) is 2.22. The van der Waals surface area contributed by atoms with Crippen LogP contribution >= 0.6 is 0 Å². The Morgan fingerprint density at radius 2 is 2.00 bits per heavy atom. The second kappa shape index (κ2) is 5.80. The van der Waals surface area contributed by atoms with Gasteiger partial charge in [-0.15, -0.1) is 0 Å². The van der Waals surface area contributed by atoms with Gasteiger partial charge in [0.15, 0.2) is 0 Å². The molecule has 92 valence electrons. The van der Waals surface area contributed by atoms with E-state index in [1.54, 1.807) is 12.4 Å². The number of rotatable bonds is 3. The molecule has 0 saturated carbocycles. The number of hydrogen-bond donors (Lipinski definition) is 0. The van der Waals surface area contributed by atoms with Gasteiger partial charge in [-0.25, -0.2) is 0 Å². The van der Waals surface area contributed by atoms with E-state index in [9.17, 15) is 4.79 Å². The van der Waals surface area contributed by atoms with Crippen molar-refractivity contribution in [1.82, 2.24) is 9.88 Å². The van der Waals surface area contributed by atoms with E-state index in [4.69, 9.17) is 0 Å². The molecule has 17 heavy (non-hydrogen) atoms. The quantitative estimate of drug-likeness (QED) is 0.801. The van der Waals surface area contributed by atoms with Gasteiger partial charge in [0.2, 0.25) is 5.91 Å². The molecule has 1 aliphatic rings. The van der Waals surface area contributed by atoms with Crippen molar-refractivity contribution in [1.29, 1.82) is 0 Å². The highest BCUT2D eigenvalue weighted by Gasteiger charge is 2.19. The zero-order valence-corrected chi connectivity index (χ0v) is 10.4. The molecule has 1 saturated heterocycles. The monoisotopic (exact) mass is 232 g/mol. The number of aromatic nitrogens is 1. The summed E-state index contributed by atoms with van der Waals surface area (Å²) in [6.07, 6.45) is 7.32. The Balaban J connectivity index is 1.78. The lowest BCUT2D eigenvalue weighted by Crippen LogP contribution is -2.37. The van der Waals surface area contributed by atoms with Gasteiger partial charge in [0.25, 0.3) is 0 Å². The second-order valence-corrected chi connectivity index (χ2v) is 4.92. The predicted molar refractivity (Wildman–Crippen MR) is 67.5 cm³/mol. The molecule has 0 bridgehead atoms. The first-order chi connectivity index (χ1) is 8.25. The Labute approximate surface area is 103 Å². The second-order valence-electron chi connectivity index (χ2n) is 4.92. The number of hydrogen-bond acceptors (Lipinski definition) is 2. The molecule has 0 aromatic carbocycles. The summed E-state index contributed by atoms with van der Waals surface area (Å²) in [5.41, 5.74) is 1.19. The van der Waals surface area contributed by atoms with Crippen LogP contribution in [0.1, 0.15) is 31.7 Å². The summed E-state index contributed by atoms with van der Waals surface area (Å²) in [6.45, 7) is 4.14. The Kier molecular flexibility index (Phi) is 4.13. The summed E-state index contributed by atoms with van der Waals surface area (Å²) in [4.78, 5) is 18.0. The number of likely N-dealkylation sites (tertiary alicyclic amines) is 1. The molecular weight excluding hydrogens is 212 g/mol. The van der Waals surface area contributed by atoms with Gasteiger partial charge in [0, 0.05) is 31.9 Å². The Hall–Kier alpha value is -1.38. The zero-order chi connectivity index (χ0) is 12.1. The minimum absolute atomic E-state index is 0.300. The van der Waals surface area contributed by atoms with Gasteiger partial charge in [0.05, 0.1) is 0 Å². The number of carbonyl (C=O) groups excluding carboxylic acids is 1. The third kappa shape index (κ3) is 3.55. The van der Waals surface area contributed by atoms with Crippen LogP contribution in [0.25, 0.3) is 0 Å². The maximum absolute atomic E-state index is 12.0.